The van der Waals surface area contributed by atoms with E-state index in [0.29, 0.717) is 40.9 Å². The molecule has 4 rings (SSSR count). The van der Waals surface area contributed by atoms with Crippen molar-refractivity contribution in [2.45, 2.75) is 37.8 Å². The first-order chi connectivity index (χ1) is 13.8. The number of rotatable bonds is 4. The number of ether oxygens (including phenoxy) is 1. The quantitative estimate of drug-likeness (QED) is 0.647. The van der Waals surface area contributed by atoms with Gasteiger partial charge >= 0.3 is 6.09 Å². The van der Waals surface area contributed by atoms with Gasteiger partial charge < -0.3 is 9.22 Å². The highest BCUT2D eigenvalue weighted by molar-refractivity contribution is 6.30. The number of fused-ring (bicyclic) bond motifs is 2. The molecule has 2 aliphatic rings. The van der Waals surface area contributed by atoms with Crippen molar-refractivity contribution in [2.75, 3.05) is 26.0 Å². The Morgan fingerprint density at radius 1 is 1.17 bits per heavy atom. The molecule has 0 saturated carbocycles. The number of amides is 1. The van der Waals surface area contributed by atoms with Crippen LogP contribution in [0.4, 0.5) is 14.9 Å². The zero-order chi connectivity index (χ0) is 20.6. The third kappa shape index (κ3) is 4.26. The summed E-state index contributed by atoms with van der Waals surface area (Å²) >= 11 is 6.07. The number of carbonyl (C=O) groups is 1. The number of quaternary nitrogens is 1. The zero-order valence-electron chi connectivity index (χ0n) is 16.8. The van der Waals surface area contributed by atoms with Crippen LogP contribution in [-0.2, 0) is 4.74 Å². The number of hydrogen-bond acceptors (Lipinski definition) is 2. The molecule has 2 atom stereocenters. The molecule has 2 fully saturated rings. The average molecular weight is 418 g/mol. The molecule has 2 bridgehead atoms. The van der Waals surface area contributed by atoms with Gasteiger partial charge in [-0.15, -0.1) is 0 Å². The third-order valence-corrected chi connectivity index (χ3v) is 6.97. The molecule has 1 N–H and O–H groups in total. The summed E-state index contributed by atoms with van der Waals surface area (Å²) in [5, 5.41) is 3.32. The number of nitrogens with zero attached hydrogens (tertiary/aromatic N) is 1. The van der Waals surface area contributed by atoms with Gasteiger partial charge in [0.25, 0.3) is 0 Å². The minimum Gasteiger partial charge on any atom is -0.449 e. The first-order valence-corrected chi connectivity index (χ1v) is 10.5. The van der Waals surface area contributed by atoms with Crippen molar-refractivity contribution in [1.29, 1.82) is 0 Å². The maximum Gasteiger partial charge on any atom is 0.411 e. The second-order valence-electron chi connectivity index (χ2n) is 8.78. The van der Waals surface area contributed by atoms with Gasteiger partial charge in [-0.2, -0.15) is 0 Å². The van der Waals surface area contributed by atoms with Crippen molar-refractivity contribution in [3.63, 3.8) is 0 Å². The SMILES string of the molecule is C[N+]1(C)C2CCC1CC(COC(=O)Nc1ccc(F)cc1-c1cccc(Cl)c1)C2. The fourth-order valence-electron chi connectivity index (χ4n) is 4.99. The summed E-state index contributed by atoms with van der Waals surface area (Å²) in [6.07, 6.45) is 4.21. The molecule has 154 valence electrons. The number of halogens is 2. The van der Waals surface area contributed by atoms with Gasteiger partial charge in [-0.1, -0.05) is 23.7 Å². The van der Waals surface area contributed by atoms with Gasteiger partial charge in [-0.05, 0) is 35.9 Å². The fourth-order valence-corrected chi connectivity index (χ4v) is 5.18. The first-order valence-electron chi connectivity index (χ1n) is 10.2. The van der Waals surface area contributed by atoms with E-state index < -0.39 is 6.09 Å². The Hall–Kier alpha value is -2.11. The van der Waals surface area contributed by atoms with Gasteiger partial charge in [0, 0.05) is 42.2 Å². The lowest BCUT2D eigenvalue weighted by Crippen LogP contribution is -2.55. The molecule has 0 spiro atoms. The summed E-state index contributed by atoms with van der Waals surface area (Å²) in [6.45, 7) is 0.423. The predicted molar refractivity (Wildman–Crippen MR) is 113 cm³/mol. The van der Waals surface area contributed by atoms with Crippen molar-refractivity contribution in [1.82, 2.24) is 0 Å². The van der Waals surface area contributed by atoms with Gasteiger partial charge in [0.15, 0.2) is 0 Å². The number of piperidine rings is 1. The molecule has 2 aromatic carbocycles. The Balaban J connectivity index is 1.41. The van der Waals surface area contributed by atoms with Gasteiger partial charge in [-0.3, -0.25) is 5.32 Å². The summed E-state index contributed by atoms with van der Waals surface area (Å²) < 4.78 is 20.5. The van der Waals surface area contributed by atoms with Crippen LogP contribution in [0.1, 0.15) is 25.7 Å². The van der Waals surface area contributed by atoms with Crippen LogP contribution in [0.15, 0.2) is 42.5 Å². The van der Waals surface area contributed by atoms with E-state index in [9.17, 15) is 9.18 Å². The molecular weight excluding hydrogens is 391 g/mol. The van der Waals surface area contributed by atoms with Crippen molar-refractivity contribution in [3.05, 3.63) is 53.3 Å². The van der Waals surface area contributed by atoms with Crippen LogP contribution >= 0.6 is 11.6 Å². The van der Waals surface area contributed by atoms with Crippen LogP contribution in [-0.4, -0.2) is 43.4 Å². The van der Waals surface area contributed by atoms with Crippen LogP contribution < -0.4 is 5.32 Å². The van der Waals surface area contributed by atoms with E-state index in [1.807, 2.05) is 6.07 Å². The molecule has 2 aromatic rings. The van der Waals surface area contributed by atoms with Crippen LogP contribution in [0, 0.1) is 11.7 Å². The maximum absolute atomic E-state index is 13.8. The second kappa shape index (κ2) is 7.96. The average Bonchev–Trinajstić information content (AvgIpc) is 2.85. The van der Waals surface area contributed by atoms with Gasteiger partial charge in [0.2, 0.25) is 0 Å². The highest BCUT2D eigenvalue weighted by atomic mass is 35.5. The van der Waals surface area contributed by atoms with Crippen LogP contribution in [0.25, 0.3) is 11.1 Å². The summed E-state index contributed by atoms with van der Waals surface area (Å²) in [6, 6.07) is 12.7. The van der Waals surface area contributed by atoms with Gasteiger partial charge in [-0.25, -0.2) is 9.18 Å². The van der Waals surface area contributed by atoms with Crippen LogP contribution in [0.3, 0.4) is 0 Å². The first kappa shape index (κ1) is 20.2. The number of carbonyl (C=O) groups excluding carboxylic acids is 1. The number of nitrogens with one attached hydrogen (secondary N) is 1. The summed E-state index contributed by atoms with van der Waals surface area (Å²) in [5.41, 5.74) is 1.80. The highest BCUT2D eigenvalue weighted by Crippen LogP contribution is 2.42. The molecule has 4 nitrogen and oxygen atoms in total. The monoisotopic (exact) mass is 417 g/mol. The van der Waals surface area contributed by atoms with E-state index in [2.05, 4.69) is 19.4 Å². The molecule has 2 aliphatic heterocycles. The second-order valence-corrected chi connectivity index (χ2v) is 9.21. The largest absolute Gasteiger partial charge is 0.449 e. The Kier molecular flexibility index (Phi) is 5.54. The Morgan fingerprint density at radius 2 is 1.90 bits per heavy atom. The molecule has 29 heavy (non-hydrogen) atoms. The van der Waals surface area contributed by atoms with E-state index in [1.165, 1.54) is 25.0 Å². The molecule has 2 unspecified atom stereocenters. The number of anilines is 1. The molecular formula is C23H27ClFN2O2+. The normalized spacial score (nSPS) is 24.9. The minimum absolute atomic E-state index is 0.377. The van der Waals surface area contributed by atoms with E-state index >= 15 is 0 Å². The zero-order valence-corrected chi connectivity index (χ0v) is 17.6. The fraction of sp³-hybridized carbons (Fsp3) is 0.435. The molecule has 0 aliphatic carbocycles. The van der Waals surface area contributed by atoms with E-state index in [0.717, 1.165) is 22.9 Å². The van der Waals surface area contributed by atoms with Crippen molar-refractivity contribution in [3.8, 4) is 11.1 Å². The molecule has 0 radical (unpaired) electrons. The van der Waals surface area contributed by atoms with E-state index in [4.69, 9.17) is 16.3 Å². The topological polar surface area (TPSA) is 38.3 Å². The molecule has 1 amide bonds. The number of hydrogen-bond donors (Lipinski definition) is 1. The molecule has 0 aromatic heterocycles. The van der Waals surface area contributed by atoms with Gasteiger partial charge in [0.05, 0.1) is 38.5 Å². The van der Waals surface area contributed by atoms with Gasteiger partial charge in [0.1, 0.15) is 5.82 Å². The van der Waals surface area contributed by atoms with E-state index in [1.54, 1.807) is 24.3 Å². The summed E-state index contributed by atoms with van der Waals surface area (Å²) in [5.74, 6) is 0.0299. The Morgan fingerprint density at radius 3 is 2.59 bits per heavy atom. The molecule has 2 heterocycles. The minimum atomic E-state index is -0.508. The lowest BCUT2D eigenvalue weighted by Gasteiger charge is -2.44. The van der Waals surface area contributed by atoms with Crippen LogP contribution in [0.2, 0.25) is 5.02 Å². The lowest BCUT2D eigenvalue weighted by atomic mass is 9.90. The maximum atomic E-state index is 13.8. The highest BCUT2D eigenvalue weighted by Gasteiger charge is 2.48. The number of benzene rings is 2. The standard InChI is InChI=1S/C23H26ClFN2O2/c1-27(2)19-7-8-20(27)11-15(10-19)14-29-23(28)26-22-9-6-18(25)13-21(22)16-4-3-5-17(24)12-16/h3-6,9,12-13,15,19-20H,7-8,10-11,14H2,1-2H3/p+1. The Bertz CT molecular complexity index is 902. The Labute approximate surface area is 176 Å². The van der Waals surface area contributed by atoms with Crippen molar-refractivity contribution < 1.29 is 18.4 Å². The van der Waals surface area contributed by atoms with Crippen molar-refractivity contribution in [2.24, 2.45) is 5.92 Å². The smallest absolute Gasteiger partial charge is 0.411 e. The predicted octanol–water partition coefficient (Wildman–Crippen LogP) is 5.71. The van der Waals surface area contributed by atoms with E-state index in [-0.39, 0.29) is 5.82 Å². The summed E-state index contributed by atoms with van der Waals surface area (Å²) in [7, 11) is 4.63. The molecule has 2 saturated heterocycles. The summed E-state index contributed by atoms with van der Waals surface area (Å²) in [4.78, 5) is 12.4. The third-order valence-electron chi connectivity index (χ3n) is 6.73. The van der Waals surface area contributed by atoms with Crippen LogP contribution in [0.5, 0.6) is 0 Å². The molecule has 6 heteroatoms. The van der Waals surface area contributed by atoms with Crippen molar-refractivity contribution >= 4 is 23.4 Å². The lowest BCUT2D eigenvalue weighted by molar-refractivity contribution is -0.931.